The first-order chi connectivity index (χ1) is 13.1. The Morgan fingerprint density at radius 1 is 1.25 bits per heavy atom. The first kappa shape index (κ1) is 24.8. The molecule has 1 heterocycles. The van der Waals surface area contributed by atoms with Gasteiger partial charge in [-0.1, -0.05) is 30.3 Å². The lowest BCUT2D eigenvalue weighted by Crippen LogP contribution is -2.39. The predicted octanol–water partition coefficient (Wildman–Crippen LogP) is 4.25. The lowest BCUT2D eigenvalue weighted by Gasteiger charge is -2.22. The molecular weight excluding hydrogens is 487 g/mol. The van der Waals surface area contributed by atoms with Crippen molar-refractivity contribution in [2.24, 2.45) is 4.99 Å². The zero-order valence-corrected chi connectivity index (χ0v) is 20.4. The molecule has 28 heavy (non-hydrogen) atoms. The van der Waals surface area contributed by atoms with Gasteiger partial charge < -0.3 is 19.7 Å². The van der Waals surface area contributed by atoms with E-state index in [1.54, 1.807) is 25.6 Å². The molecule has 1 N–H and O–H groups in total. The number of aliphatic imine (C=N–C) groups is 1. The van der Waals surface area contributed by atoms with Crippen molar-refractivity contribution >= 4 is 41.3 Å². The molecule has 2 atom stereocenters. The van der Waals surface area contributed by atoms with Crippen molar-refractivity contribution < 1.29 is 9.47 Å². The lowest BCUT2D eigenvalue weighted by molar-refractivity contribution is 0.110. The molecule has 0 fully saturated rings. The molecule has 2 unspecified atom stereocenters. The molecule has 0 amide bonds. The van der Waals surface area contributed by atoms with E-state index in [-0.39, 0.29) is 36.2 Å². The van der Waals surface area contributed by atoms with Crippen LogP contribution < -0.4 is 5.32 Å². The van der Waals surface area contributed by atoms with Crippen LogP contribution in [-0.4, -0.2) is 50.2 Å². The standard InChI is InChI=1S/C20H30N4O2S.HI/c1-6-21-20(22-12-18(26-5)16-10-8-7-9-11-16)24(3)13-17-14-27-19(23-17)15(2)25-4;/h7-11,14-15,18H,6,12-13H2,1-5H3,(H,21,22);1H. The van der Waals surface area contributed by atoms with Gasteiger partial charge in [0.1, 0.15) is 17.2 Å². The number of hydrogen-bond donors (Lipinski definition) is 1. The fourth-order valence-corrected chi connectivity index (χ4v) is 3.47. The van der Waals surface area contributed by atoms with Gasteiger partial charge in [0, 0.05) is 33.2 Å². The number of hydrogen-bond acceptors (Lipinski definition) is 5. The van der Waals surface area contributed by atoms with E-state index in [1.165, 1.54) is 0 Å². The van der Waals surface area contributed by atoms with Crippen LogP contribution in [0.1, 0.15) is 42.3 Å². The Balaban J connectivity index is 0.00000392. The van der Waals surface area contributed by atoms with Gasteiger partial charge in [0.25, 0.3) is 0 Å². The molecule has 0 aliphatic carbocycles. The van der Waals surface area contributed by atoms with Crippen LogP contribution in [0.25, 0.3) is 0 Å². The second kappa shape index (κ2) is 13.1. The molecule has 0 aliphatic heterocycles. The number of benzene rings is 1. The average Bonchev–Trinajstić information content (AvgIpc) is 3.16. The van der Waals surface area contributed by atoms with Crippen molar-refractivity contribution in [1.29, 1.82) is 0 Å². The molecule has 0 spiro atoms. The zero-order valence-electron chi connectivity index (χ0n) is 17.2. The minimum Gasteiger partial charge on any atom is -0.375 e. The van der Waals surface area contributed by atoms with Crippen LogP contribution in [0.5, 0.6) is 0 Å². The van der Waals surface area contributed by atoms with Gasteiger partial charge in [-0.25, -0.2) is 4.98 Å². The van der Waals surface area contributed by atoms with Gasteiger partial charge in [0.15, 0.2) is 5.96 Å². The van der Waals surface area contributed by atoms with E-state index in [0.717, 1.165) is 28.8 Å². The molecule has 1 aromatic carbocycles. The number of thiazole rings is 1. The first-order valence-corrected chi connectivity index (χ1v) is 10.0. The largest absolute Gasteiger partial charge is 0.375 e. The third kappa shape index (κ3) is 7.31. The highest BCUT2D eigenvalue weighted by atomic mass is 127. The maximum absolute atomic E-state index is 5.63. The summed E-state index contributed by atoms with van der Waals surface area (Å²) in [7, 11) is 5.44. The Kier molecular flexibility index (Phi) is 11.6. The summed E-state index contributed by atoms with van der Waals surface area (Å²) < 4.78 is 11.0. The fourth-order valence-electron chi connectivity index (χ4n) is 2.62. The number of halogens is 1. The summed E-state index contributed by atoms with van der Waals surface area (Å²) in [6, 6.07) is 10.2. The Hall–Kier alpha value is -1.23. The van der Waals surface area contributed by atoms with Crippen LogP contribution in [0.3, 0.4) is 0 Å². The molecule has 0 aliphatic rings. The first-order valence-electron chi connectivity index (χ1n) is 9.13. The van der Waals surface area contributed by atoms with Crippen LogP contribution in [0.15, 0.2) is 40.7 Å². The number of nitrogens with one attached hydrogen (secondary N) is 1. The number of rotatable bonds is 9. The molecule has 0 saturated carbocycles. The summed E-state index contributed by atoms with van der Waals surface area (Å²) in [6.45, 7) is 6.11. The maximum atomic E-state index is 5.63. The van der Waals surface area contributed by atoms with Gasteiger partial charge in [-0.2, -0.15) is 0 Å². The Morgan fingerprint density at radius 2 is 1.96 bits per heavy atom. The monoisotopic (exact) mass is 518 g/mol. The Morgan fingerprint density at radius 3 is 2.57 bits per heavy atom. The number of nitrogens with zero attached hydrogens (tertiary/aromatic N) is 3. The van der Waals surface area contributed by atoms with Crippen molar-refractivity contribution in [2.75, 3.05) is 34.4 Å². The number of aromatic nitrogens is 1. The molecule has 156 valence electrons. The quantitative estimate of drug-likeness (QED) is 0.306. The van der Waals surface area contributed by atoms with Crippen LogP contribution in [0.4, 0.5) is 0 Å². The second-order valence-corrected chi connectivity index (χ2v) is 7.13. The average molecular weight is 518 g/mol. The lowest BCUT2D eigenvalue weighted by atomic mass is 10.1. The van der Waals surface area contributed by atoms with Crippen molar-refractivity contribution in [2.45, 2.75) is 32.6 Å². The molecule has 8 heteroatoms. The van der Waals surface area contributed by atoms with Crippen molar-refractivity contribution in [1.82, 2.24) is 15.2 Å². The van der Waals surface area contributed by atoms with Gasteiger partial charge in [0.05, 0.1) is 18.8 Å². The zero-order chi connectivity index (χ0) is 19.6. The van der Waals surface area contributed by atoms with E-state index in [9.17, 15) is 0 Å². The molecule has 2 rings (SSSR count). The van der Waals surface area contributed by atoms with Crippen LogP contribution in [0.2, 0.25) is 0 Å². The van der Waals surface area contributed by atoms with Crippen molar-refractivity contribution in [3.8, 4) is 0 Å². The summed E-state index contributed by atoms with van der Waals surface area (Å²) in [6.07, 6.45) is -0.0500. The van der Waals surface area contributed by atoms with E-state index in [1.807, 2.05) is 32.2 Å². The number of ether oxygens (including phenoxy) is 2. The van der Waals surface area contributed by atoms with E-state index in [0.29, 0.717) is 13.1 Å². The Bertz CT molecular complexity index is 711. The summed E-state index contributed by atoms with van der Waals surface area (Å²) >= 11 is 1.63. The highest BCUT2D eigenvalue weighted by molar-refractivity contribution is 14.0. The van der Waals surface area contributed by atoms with Gasteiger partial charge >= 0.3 is 0 Å². The van der Waals surface area contributed by atoms with E-state index in [2.05, 4.69) is 39.6 Å². The summed E-state index contributed by atoms with van der Waals surface area (Å²) in [4.78, 5) is 11.5. The fraction of sp³-hybridized carbons (Fsp3) is 0.500. The molecule has 1 aromatic heterocycles. The van der Waals surface area contributed by atoms with Gasteiger partial charge in [-0.05, 0) is 19.4 Å². The van der Waals surface area contributed by atoms with Crippen LogP contribution in [-0.2, 0) is 16.0 Å². The highest BCUT2D eigenvalue weighted by Gasteiger charge is 2.14. The van der Waals surface area contributed by atoms with Gasteiger partial charge in [0.2, 0.25) is 0 Å². The Labute approximate surface area is 189 Å². The van der Waals surface area contributed by atoms with Crippen molar-refractivity contribution in [3.05, 3.63) is 52.0 Å². The minimum absolute atomic E-state index is 0. The predicted molar refractivity (Wildman–Crippen MR) is 127 cm³/mol. The highest BCUT2D eigenvalue weighted by Crippen LogP contribution is 2.21. The number of methoxy groups -OCH3 is 2. The third-order valence-electron chi connectivity index (χ3n) is 4.23. The SMILES string of the molecule is CCNC(=NCC(OC)c1ccccc1)N(C)Cc1csc(C(C)OC)n1.I. The summed E-state index contributed by atoms with van der Waals surface area (Å²) in [5.74, 6) is 0.838. The third-order valence-corrected chi connectivity index (χ3v) is 5.28. The molecular formula is C20H31IN4O2S. The molecule has 0 bridgehead atoms. The number of guanidine groups is 1. The summed E-state index contributed by atoms with van der Waals surface area (Å²) in [5, 5.41) is 6.41. The molecule has 0 saturated heterocycles. The van der Waals surface area contributed by atoms with Crippen LogP contribution >= 0.6 is 35.3 Å². The molecule has 6 nitrogen and oxygen atoms in total. The van der Waals surface area contributed by atoms with Crippen LogP contribution in [0, 0.1) is 0 Å². The van der Waals surface area contributed by atoms with E-state index >= 15 is 0 Å². The normalized spacial score (nSPS) is 13.5. The van der Waals surface area contributed by atoms with Crippen molar-refractivity contribution in [3.63, 3.8) is 0 Å². The van der Waals surface area contributed by atoms with E-state index < -0.39 is 0 Å². The second-order valence-electron chi connectivity index (χ2n) is 6.24. The van der Waals surface area contributed by atoms with E-state index in [4.69, 9.17) is 14.5 Å². The van der Waals surface area contributed by atoms with Gasteiger partial charge in [-0.3, -0.25) is 4.99 Å². The summed E-state index contributed by atoms with van der Waals surface area (Å²) in [5.41, 5.74) is 2.14. The smallest absolute Gasteiger partial charge is 0.194 e. The minimum atomic E-state index is -0.0679. The maximum Gasteiger partial charge on any atom is 0.194 e. The molecule has 0 radical (unpaired) electrons. The van der Waals surface area contributed by atoms with Gasteiger partial charge in [-0.15, -0.1) is 35.3 Å². The molecule has 2 aromatic rings. The topological polar surface area (TPSA) is 59.0 Å².